The van der Waals surface area contributed by atoms with E-state index in [0.29, 0.717) is 0 Å². The highest BCUT2D eigenvalue weighted by molar-refractivity contribution is 9.10. The molecule has 0 radical (unpaired) electrons. The Bertz CT molecular complexity index is 509. The van der Waals surface area contributed by atoms with Gasteiger partial charge in [0.15, 0.2) is 0 Å². The summed E-state index contributed by atoms with van der Waals surface area (Å²) in [6.45, 7) is 2.72. The van der Waals surface area contributed by atoms with Crippen LogP contribution < -0.4 is 10.6 Å². The van der Waals surface area contributed by atoms with Gasteiger partial charge in [0.1, 0.15) is 5.76 Å². The van der Waals surface area contributed by atoms with Gasteiger partial charge >= 0.3 is 0 Å². The molecule has 0 bridgehead atoms. The molecule has 1 atom stereocenters. The van der Waals surface area contributed by atoms with Gasteiger partial charge in [-0.1, -0.05) is 6.07 Å². The minimum absolute atomic E-state index is 0.0470. The van der Waals surface area contributed by atoms with E-state index in [2.05, 4.69) is 39.0 Å². The van der Waals surface area contributed by atoms with Crippen LogP contribution in [0.25, 0.3) is 0 Å². The number of benzene rings is 1. The molecule has 1 unspecified atom stereocenters. The molecular formula is C14H17BrN2O. The number of halogens is 1. The van der Waals surface area contributed by atoms with E-state index in [1.807, 2.05) is 26.1 Å². The molecule has 0 amide bonds. The fraction of sp³-hybridized carbons (Fsp3) is 0.286. The molecule has 0 aliphatic rings. The maximum absolute atomic E-state index is 5.87. The number of hydrogen-bond acceptors (Lipinski definition) is 3. The van der Waals surface area contributed by atoms with Crippen LogP contribution in [0.1, 0.15) is 24.3 Å². The average molecular weight is 309 g/mol. The average Bonchev–Trinajstić information content (AvgIpc) is 2.81. The van der Waals surface area contributed by atoms with Crippen LogP contribution in [0, 0.1) is 0 Å². The fourth-order valence-electron chi connectivity index (χ4n) is 1.84. The summed E-state index contributed by atoms with van der Waals surface area (Å²) in [4.78, 5) is 2.13. The summed E-state index contributed by atoms with van der Waals surface area (Å²) in [5.74, 6) is 0.945. The largest absolute Gasteiger partial charge is 0.467 e. The third-order valence-electron chi connectivity index (χ3n) is 2.88. The van der Waals surface area contributed by atoms with E-state index >= 15 is 0 Å². The van der Waals surface area contributed by atoms with Crippen molar-refractivity contribution in [3.05, 3.63) is 52.4 Å². The molecule has 2 aromatic rings. The third kappa shape index (κ3) is 2.94. The summed E-state index contributed by atoms with van der Waals surface area (Å²) >= 11 is 3.59. The van der Waals surface area contributed by atoms with Crippen LogP contribution in [0.3, 0.4) is 0 Å². The maximum Gasteiger partial charge on any atom is 0.123 e. The normalized spacial score (nSPS) is 12.4. The molecule has 3 nitrogen and oxygen atoms in total. The first kappa shape index (κ1) is 13.2. The van der Waals surface area contributed by atoms with Gasteiger partial charge in [-0.2, -0.15) is 0 Å². The molecule has 2 N–H and O–H groups in total. The summed E-state index contributed by atoms with van der Waals surface area (Å²) in [7, 11) is 2.04. The Labute approximate surface area is 116 Å². The first-order valence-electron chi connectivity index (χ1n) is 5.86. The lowest BCUT2D eigenvalue weighted by Gasteiger charge is -2.20. The Morgan fingerprint density at radius 1 is 1.39 bits per heavy atom. The zero-order chi connectivity index (χ0) is 13.1. The minimum atomic E-state index is 0.0470. The van der Waals surface area contributed by atoms with Gasteiger partial charge in [-0.3, -0.25) is 0 Å². The monoisotopic (exact) mass is 308 g/mol. The van der Waals surface area contributed by atoms with E-state index < -0.39 is 0 Å². The van der Waals surface area contributed by atoms with E-state index in [1.165, 1.54) is 0 Å². The molecule has 0 aliphatic carbocycles. The molecule has 96 valence electrons. The molecule has 4 heteroatoms. The number of nitrogens with two attached hydrogens (primary N) is 1. The molecule has 0 spiro atoms. The van der Waals surface area contributed by atoms with Crippen molar-refractivity contribution in [3.8, 4) is 0 Å². The quantitative estimate of drug-likeness (QED) is 0.936. The second kappa shape index (κ2) is 5.59. The lowest BCUT2D eigenvalue weighted by atomic mass is 10.1. The van der Waals surface area contributed by atoms with Gasteiger partial charge in [0.25, 0.3) is 0 Å². The summed E-state index contributed by atoms with van der Waals surface area (Å²) in [6, 6.07) is 10.1. The molecule has 1 aromatic heterocycles. The summed E-state index contributed by atoms with van der Waals surface area (Å²) < 4.78 is 6.40. The predicted molar refractivity (Wildman–Crippen MR) is 77.6 cm³/mol. The van der Waals surface area contributed by atoms with Crippen LogP contribution in [0.2, 0.25) is 0 Å². The maximum atomic E-state index is 5.87. The molecule has 0 aliphatic heterocycles. The first-order valence-corrected chi connectivity index (χ1v) is 6.66. The van der Waals surface area contributed by atoms with Gasteiger partial charge in [0.05, 0.1) is 18.5 Å². The second-order valence-electron chi connectivity index (χ2n) is 4.43. The SMILES string of the molecule is CC(N)c1ccc(N(C)Cc2ccco2)c(Br)c1. The minimum Gasteiger partial charge on any atom is -0.467 e. The van der Waals surface area contributed by atoms with Crippen LogP contribution in [0.15, 0.2) is 45.5 Å². The molecule has 1 aromatic carbocycles. The first-order chi connectivity index (χ1) is 8.58. The second-order valence-corrected chi connectivity index (χ2v) is 5.29. The van der Waals surface area contributed by atoms with Crippen LogP contribution in [0.5, 0.6) is 0 Å². The molecule has 0 saturated heterocycles. The van der Waals surface area contributed by atoms with Crippen molar-refractivity contribution in [1.29, 1.82) is 0 Å². The predicted octanol–water partition coefficient (Wildman–Crippen LogP) is 3.70. The number of furan rings is 1. The molecule has 0 saturated carbocycles. The molecule has 18 heavy (non-hydrogen) atoms. The Morgan fingerprint density at radius 2 is 2.17 bits per heavy atom. The van der Waals surface area contributed by atoms with E-state index in [-0.39, 0.29) is 6.04 Å². The lowest BCUT2D eigenvalue weighted by molar-refractivity contribution is 0.507. The van der Waals surface area contributed by atoms with E-state index in [9.17, 15) is 0 Å². The van der Waals surface area contributed by atoms with Crippen molar-refractivity contribution in [2.45, 2.75) is 19.5 Å². The fourth-order valence-corrected chi connectivity index (χ4v) is 2.54. The standard InChI is InChI=1S/C14H17BrN2O/c1-10(16)11-5-6-14(13(15)8-11)17(2)9-12-4-3-7-18-12/h3-8,10H,9,16H2,1-2H3. The molecule has 1 heterocycles. The van der Waals surface area contributed by atoms with Crippen LogP contribution in [0.4, 0.5) is 5.69 Å². The highest BCUT2D eigenvalue weighted by Crippen LogP contribution is 2.29. The smallest absolute Gasteiger partial charge is 0.123 e. The van der Waals surface area contributed by atoms with E-state index in [4.69, 9.17) is 10.2 Å². The highest BCUT2D eigenvalue weighted by atomic mass is 79.9. The number of hydrogen-bond donors (Lipinski definition) is 1. The Kier molecular flexibility index (Phi) is 4.09. The number of anilines is 1. The van der Waals surface area contributed by atoms with Gasteiger partial charge in [0.2, 0.25) is 0 Å². The van der Waals surface area contributed by atoms with Crippen LogP contribution >= 0.6 is 15.9 Å². The van der Waals surface area contributed by atoms with Gasteiger partial charge in [-0.15, -0.1) is 0 Å². The summed E-state index contributed by atoms with van der Waals surface area (Å²) in [6.07, 6.45) is 1.69. The van der Waals surface area contributed by atoms with Crippen molar-refractivity contribution in [2.75, 3.05) is 11.9 Å². The van der Waals surface area contributed by atoms with Crippen molar-refractivity contribution >= 4 is 21.6 Å². The Hall–Kier alpha value is -1.26. The van der Waals surface area contributed by atoms with E-state index in [0.717, 1.165) is 28.0 Å². The molecule has 0 fully saturated rings. The van der Waals surface area contributed by atoms with Gasteiger partial charge in [-0.05, 0) is 52.7 Å². The zero-order valence-corrected chi connectivity index (χ0v) is 12.1. The van der Waals surface area contributed by atoms with Crippen molar-refractivity contribution in [1.82, 2.24) is 0 Å². The highest BCUT2D eigenvalue weighted by Gasteiger charge is 2.09. The van der Waals surface area contributed by atoms with Crippen molar-refractivity contribution in [2.24, 2.45) is 5.73 Å². The third-order valence-corrected chi connectivity index (χ3v) is 3.52. The Balaban J connectivity index is 2.17. The zero-order valence-electron chi connectivity index (χ0n) is 10.6. The van der Waals surface area contributed by atoms with Gasteiger partial charge in [-0.25, -0.2) is 0 Å². The van der Waals surface area contributed by atoms with Gasteiger partial charge in [0, 0.05) is 17.6 Å². The number of rotatable bonds is 4. The molecule has 2 rings (SSSR count). The Morgan fingerprint density at radius 3 is 2.72 bits per heavy atom. The van der Waals surface area contributed by atoms with Crippen LogP contribution in [-0.4, -0.2) is 7.05 Å². The van der Waals surface area contributed by atoms with Gasteiger partial charge < -0.3 is 15.1 Å². The van der Waals surface area contributed by atoms with E-state index in [1.54, 1.807) is 6.26 Å². The summed E-state index contributed by atoms with van der Waals surface area (Å²) in [5.41, 5.74) is 8.11. The summed E-state index contributed by atoms with van der Waals surface area (Å²) in [5, 5.41) is 0. The van der Waals surface area contributed by atoms with Crippen molar-refractivity contribution in [3.63, 3.8) is 0 Å². The molecular weight excluding hydrogens is 292 g/mol. The topological polar surface area (TPSA) is 42.4 Å². The van der Waals surface area contributed by atoms with Crippen LogP contribution in [-0.2, 0) is 6.54 Å². The lowest BCUT2D eigenvalue weighted by Crippen LogP contribution is -2.16. The number of nitrogens with zero attached hydrogens (tertiary/aromatic N) is 1. The van der Waals surface area contributed by atoms with Crippen molar-refractivity contribution < 1.29 is 4.42 Å².